The average molecular weight is 240 g/mol. The van der Waals surface area contributed by atoms with Crippen LogP contribution in [-0.2, 0) is 14.2 Å². The lowest BCUT2D eigenvalue weighted by molar-refractivity contribution is -0.104. The van der Waals surface area contributed by atoms with E-state index in [4.69, 9.17) is 14.2 Å². The van der Waals surface area contributed by atoms with E-state index in [1.54, 1.807) is 0 Å². The summed E-state index contributed by atoms with van der Waals surface area (Å²) < 4.78 is 17.1. The van der Waals surface area contributed by atoms with Gasteiger partial charge in [0.1, 0.15) is 12.2 Å². The quantitative estimate of drug-likeness (QED) is 0.528. The molecule has 0 amide bonds. The molecule has 0 spiro atoms. The van der Waals surface area contributed by atoms with Gasteiger partial charge in [-0.1, -0.05) is 26.2 Å². The minimum absolute atomic E-state index is 0.353. The predicted molar refractivity (Wildman–Crippen MR) is 65.0 cm³/mol. The van der Waals surface area contributed by atoms with Gasteiger partial charge < -0.3 is 14.2 Å². The lowest BCUT2D eigenvalue weighted by Gasteiger charge is -2.35. The molecule has 5 unspecified atom stereocenters. The Morgan fingerprint density at radius 3 is 2.35 bits per heavy atom. The Morgan fingerprint density at radius 1 is 0.941 bits per heavy atom. The van der Waals surface area contributed by atoms with Crippen molar-refractivity contribution in [2.45, 2.75) is 69.9 Å². The molecule has 98 valence electrons. The third kappa shape index (κ3) is 3.01. The first-order chi connectivity index (χ1) is 8.38. The Balaban J connectivity index is 1.51. The summed E-state index contributed by atoms with van der Waals surface area (Å²) in [5.74, 6) is 0.726. The molecule has 5 atom stereocenters. The Kier molecular flexibility index (Phi) is 3.69. The Hall–Kier alpha value is -0.120. The van der Waals surface area contributed by atoms with E-state index < -0.39 is 0 Å². The fraction of sp³-hybridized carbons (Fsp3) is 1.00. The molecule has 0 bridgehead atoms. The van der Waals surface area contributed by atoms with Crippen LogP contribution >= 0.6 is 0 Å². The maximum Gasteiger partial charge on any atom is 0.107 e. The van der Waals surface area contributed by atoms with E-state index in [2.05, 4.69) is 6.92 Å². The lowest BCUT2D eigenvalue weighted by atomic mass is 9.85. The summed E-state index contributed by atoms with van der Waals surface area (Å²) in [4.78, 5) is 0. The van der Waals surface area contributed by atoms with Gasteiger partial charge in [0.25, 0.3) is 0 Å². The smallest absolute Gasteiger partial charge is 0.107 e. The van der Waals surface area contributed by atoms with Crippen molar-refractivity contribution in [3.8, 4) is 0 Å². The Bertz CT molecular complexity index is 248. The Labute approximate surface area is 104 Å². The van der Waals surface area contributed by atoms with E-state index in [9.17, 15) is 0 Å². The first kappa shape index (κ1) is 11.9. The fourth-order valence-electron chi connectivity index (χ4n) is 3.07. The van der Waals surface area contributed by atoms with E-state index in [1.807, 2.05) is 0 Å². The van der Waals surface area contributed by atoms with Gasteiger partial charge in [0.15, 0.2) is 0 Å². The SMILES string of the molecule is CCCCCC1CCC(C2CO2)OC1C1CO1. The van der Waals surface area contributed by atoms with Crippen LogP contribution in [0.25, 0.3) is 0 Å². The maximum absolute atomic E-state index is 6.23. The summed E-state index contributed by atoms with van der Waals surface area (Å²) >= 11 is 0. The van der Waals surface area contributed by atoms with Crippen LogP contribution in [0.1, 0.15) is 45.4 Å². The Morgan fingerprint density at radius 2 is 1.71 bits per heavy atom. The maximum atomic E-state index is 6.23. The van der Waals surface area contributed by atoms with E-state index in [-0.39, 0.29) is 0 Å². The first-order valence-electron chi connectivity index (χ1n) is 7.27. The molecular weight excluding hydrogens is 216 g/mol. The van der Waals surface area contributed by atoms with Crippen LogP contribution in [0, 0.1) is 5.92 Å². The van der Waals surface area contributed by atoms with Crippen LogP contribution in [0.15, 0.2) is 0 Å². The summed E-state index contributed by atoms with van der Waals surface area (Å²) in [5.41, 5.74) is 0. The second-order valence-electron chi connectivity index (χ2n) is 5.72. The normalized spacial score (nSPS) is 44.6. The van der Waals surface area contributed by atoms with Gasteiger partial charge in [-0.25, -0.2) is 0 Å². The number of rotatable bonds is 6. The largest absolute Gasteiger partial charge is 0.370 e. The molecule has 17 heavy (non-hydrogen) atoms. The highest BCUT2D eigenvalue weighted by Crippen LogP contribution is 2.38. The zero-order chi connectivity index (χ0) is 11.7. The van der Waals surface area contributed by atoms with Crippen LogP contribution < -0.4 is 0 Å². The zero-order valence-electron chi connectivity index (χ0n) is 10.8. The van der Waals surface area contributed by atoms with Crippen molar-refractivity contribution >= 4 is 0 Å². The van der Waals surface area contributed by atoms with Crippen LogP contribution in [0.5, 0.6) is 0 Å². The minimum atomic E-state index is 0.353. The van der Waals surface area contributed by atoms with Gasteiger partial charge in [0.05, 0.1) is 25.4 Å². The highest BCUT2D eigenvalue weighted by atomic mass is 16.6. The highest BCUT2D eigenvalue weighted by Gasteiger charge is 2.46. The molecule has 0 radical (unpaired) electrons. The molecule has 0 aromatic heterocycles. The second-order valence-corrected chi connectivity index (χ2v) is 5.72. The standard InChI is InChI=1S/C14H24O3/c1-2-3-4-5-10-6-7-11(12-8-15-12)17-14(10)13-9-16-13/h10-14H,2-9H2,1H3. The van der Waals surface area contributed by atoms with E-state index in [1.165, 1.54) is 38.5 Å². The molecule has 3 aliphatic rings. The third-order valence-electron chi connectivity index (χ3n) is 4.30. The number of hydrogen-bond donors (Lipinski definition) is 0. The number of unbranched alkanes of at least 4 members (excludes halogenated alkanes) is 2. The number of epoxide rings is 2. The molecule has 0 aliphatic carbocycles. The van der Waals surface area contributed by atoms with Crippen molar-refractivity contribution in [3.63, 3.8) is 0 Å². The van der Waals surface area contributed by atoms with Gasteiger partial charge in [-0.3, -0.25) is 0 Å². The van der Waals surface area contributed by atoms with Crippen molar-refractivity contribution in [1.82, 2.24) is 0 Å². The van der Waals surface area contributed by atoms with Gasteiger partial charge in [0.2, 0.25) is 0 Å². The molecule has 3 aliphatic heterocycles. The van der Waals surface area contributed by atoms with Crippen LogP contribution in [0.2, 0.25) is 0 Å². The molecule has 0 N–H and O–H groups in total. The first-order valence-corrected chi connectivity index (χ1v) is 7.27. The fourth-order valence-corrected chi connectivity index (χ4v) is 3.07. The molecule has 0 saturated carbocycles. The van der Waals surface area contributed by atoms with E-state index in [0.717, 1.165) is 19.1 Å². The average Bonchev–Trinajstić information content (AvgIpc) is 3.20. The van der Waals surface area contributed by atoms with Gasteiger partial charge in [0, 0.05) is 0 Å². The summed E-state index contributed by atoms with van der Waals surface area (Å²) in [6.45, 7) is 4.08. The van der Waals surface area contributed by atoms with Crippen LogP contribution in [0.3, 0.4) is 0 Å². The molecule has 3 rings (SSSR count). The number of ether oxygens (including phenoxy) is 3. The van der Waals surface area contributed by atoms with Gasteiger partial charge in [-0.05, 0) is 25.2 Å². The van der Waals surface area contributed by atoms with Gasteiger partial charge in [-0.15, -0.1) is 0 Å². The van der Waals surface area contributed by atoms with Gasteiger partial charge >= 0.3 is 0 Å². The highest BCUT2D eigenvalue weighted by molar-refractivity contribution is 4.93. The monoisotopic (exact) mass is 240 g/mol. The van der Waals surface area contributed by atoms with E-state index >= 15 is 0 Å². The molecule has 0 aromatic carbocycles. The topological polar surface area (TPSA) is 34.3 Å². The molecule has 3 heterocycles. The summed E-state index contributed by atoms with van der Waals surface area (Å²) in [7, 11) is 0. The summed E-state index contributed by atoms with van der Waals surface area (Å²) in [5, 5.41) is 0. The molecule has 3 nitrogen and oxygen atoms in total. The molecular formula is C14H24O3. The van der Waals surface area contributed by atoms with Crippen LogP contribution in [0.4, 0.5) is 0 Å². The molecule has 3 fully saturated rings. The molecule has 3 saturated heterocycles. The van der Waals surface area contributed by atoms with Crippen molar-refractivity contribution in [2.75, 3.05) is 13.2 Å². The second kappa shape index (κ2) is 5.25. The van der Waals surface area contributed by atoms with E-state index in [0.29, 0.717) is 24.4 Å². The third-order valence-corrected chi connectivity index (χ3v) is 4.30. The summed E-state index contributed by atoms with van der Waals surface area (Å²) in [6.07, 6.45) is 9.30. The molecule has 3 heteroatoms. The van der Waals surface area contributed by atoms with Crippen molar-refractivity contribution in [2.24, 2.45) is 5.92 Å². The lowest BCUT2D eigenvalue weighted by Crippen LogP contribution is -2.41. The minimum Gasteiger partial charge on any atom is -0.370 e. The molecule has 0 aromatic rings. The van der Waals surface area contributed by atoms with Crippen molar-refractivity contribution in [3.05, 3.63) is 0 Å². The zero-order valence-corrected chi connectivity index (χ0v) is 10.8. The van der Waals surface area contributed by atoms with Crippen LogP contribution in [-0.4, -0.2) is 37.6 Å². The predicted octanol–water partition coefficient (Wildman–Crippen LogP) is 2.53. The van der Waals surface area contributed by atoms with Gasteiger partial charge in [-0.2, -0.15) is 0 Å². The van der Waals surface area contributed by atoms with Crippen molar-refractivity contribution in [1.29, 1.82) is 0 Å². The number of hydrogen-bond acceptors (Lipinski definition) is 3. The summed E-state index contributed by atoms with van der Waals surface area (Å²) in [6, 6.07) is 0. The van der Waals surface area contributed by atoms with Crippen molar-refractivity contribution < 1.29 is 14.2 Å².